The molecule has 0 radical (unpaired) electrons. The van der Waals surface area contributed by atoms with E-state index in [4.69, 9.17) is 0 Å². The molecule has 0 bridgehead atoms. The molecular formula is C33H39N5O. The minimum atomic E-state index is 0.0739. The molecule has 1 aromatic heterocycles. The first-order valence-electron chi connectivity index (χ1n) is 14.4. The van der Waals surface area contributed by atoms with Crippen molar-refractivity contribution < 1.29 is 0 Å². The third-order valence-corrected chi connectivity index (χ3v) is 8.48. The summed E-state index contributed by atoms with van der Waals surface area (Å²) in [5.74, 6) is 0. The van der Waals surface area contributed by atoms with Crippen molar-refractivity contribution in [3.05, 3.63) is 112 Å². The molecule has 2 aliphatic rings. The first-order chi connectivity index (χ1) is 19.1. The van der Waals surface area contributed by atoms with Gasteiger partial charge in [0.25, 0.3) is 0 Å². The summed E-state index contributed by atoms with van der Waals surface area (Å²) in [6.07, 6.45) is 4.43. The van der Waals surface area contributed by atoms with Crippen LogP contribution in [0.15, 0.2) is 83.8 Å². The number of imidazole rings is 1. The van der Waals surface area contributed by atoms with E-state index in [0.717, 1.165) is 43.5 Å². The zero-order valence-electron chi connectivity index (χ0n) is 23.3. The van der Waals surface area contributed by atoms with Gasteiger partial charge in [-0.2, -0.15) is 0 Å². The molecule has 3 aromatic carbocycles. The van der Waals surface area contributed by atoms with Crippen LogP contribution >= 0.6 is 0 Å². The van der Waals surface area contributed by atoms with E-state index in [-0.39, 0.29) is 11.7 Å². The summed E-state index contributed by atoms with van der Waals surface area (Å²) >= 11 is 0. The summed E-state index contributed by atoms with van der Waals surface area (Å²) in [7, 11) is 0. The molecule has 4 aromatic rings. The number of rotatable bonds is 7. The van der Waals surface area contributed by atoms with Gasteiger partial charge in [-0.05, 0) is 68.0 Å². The number of hydrogen-bond donors (Lipinski definition) is 1. The van der Waals surface area contributed by atoms with E-state index in [0.29, 0.717) is 19.1 Å². The molecule has 0 aliphatic carbocycles. The highest BCUT2D eigenvalue weighted by Gasteiger charge is 2.36. The van der Waals surface area contributed by atoms with Crippen LogP contribution in [-0.4, -0.2) is 38.2 Å². The number of hydrogen-bond acceptors (Lipinski definition) is 4. The summed E-state index contributed by atoms with van der Waals surface area (Å²) < 4.78 is 3.77. The molecule has 1 N–H and O–H groups in total. The SMILES string of the molecule is CCn1c(=O)n(CC)c2cc(C3=CNN(C4CCN(Cc5ccccc5)CC4)C3c3cccc(C)c3)ccc21. The maximum absolute atomic E-state index is 13.0. The van der Waals surface area contributed by atoms with Crippen molar-refractivity contribution in [2.24, 2.45) is 0 Å². The first kappa shape index (κ1) is 25.7. The standard InChI is InChI=1S/C33H39N5O/c1-4-36-30-15-14-26(21-31(30)37(5-2)33(36)39)29-22-34-38(32(29)27-13-9-10-24(3)20-27)28-16-18-35(19-17-28)23-25-11-7-6-8-12-25/h6-15,20-22,28,32,34H,4-5,16-19,23H2,1-3H3. The topological polar surface area (TPSA) is 45.4 Å². The van der Waals surface area contributed by atoms with Crippen molar-refractivity contribution in [1.82, 2.24) is 24.5 Å². The van der Waals surface area contributed by atoms with Crippen LogP contribution in [0, 0.1) is 6.92 Å². The van der Waals surface area contributed by atoms with Crippen LogP contribution in [0.5, 0.6) is 0 Å². The van der Waals surface area contributed by atoms with Crippen LogP contribution in [0.2, 0.25) is 0 Å². The van der Waals surface area contributed by atoms with Crippen molar-refractivity contribution in [3.63, 3.8) is 0 Å². The van der Waals surface area contributed by atoms with E-state index in [1.165, 1.54) is 27.8 Å². The summed E-state index contributed by atoms with van der Waals surface area (Å²) in [4.78, 5) is 15.6. The molecule has 202 valence electrons. The predicted octanol–water partition coefficient (Wildman–Crippen LogP) is 5.72. The molecular weight excluding hydrogens is 482 g/mol. The molecule has 1 saturated heterocycles. The smallest absolute Gasteiger partial charge is 0.325 e. The molecule has 6 nitrogen and oxygen atoms in total. The Bertz CT molecular complexity index is 1540. The Morgan fingerprint density at radius 2 is 1.59 bits per heavy atom. The number of aryl methyl sites for hydroxylation is 3. The summed E-state index contributed by atoms with van der Waals surface area (Å²) in [5.41, 5.74) is 12.2. The highest BCUT2D eigenvalue weighted by molar-refractivity contribution is 5.83. The number of benzene rings is 3. The number of likely N-dealkylation sites (tertiary alicyclic amines) is 1. The second kappa shape index (κ2) is 10.9. The summed E-state index contributed by atoms with van der Waals surface area (Å²) in [6, 6.07) is 26.8. The van der Waals surface area contributed by atoms with E-state index in [9.17, 15) is 4.79 Å². The largest absolute Gasteiger partial charge is 0.329 e. The Morgan fingerprint density at radius 3 is 2.31 bits per heavy atom. The number of nitrogens with one attached hydrogen (secondary N) is 1. The van der Waals surface area contributed by atoms with Gasteiger partial charge in [0.2, 0.25) is 0 Å². The molecule has 1 unspecified atom stereocenters. The minimum absolute atomic E-state index is 0.0739. The Hall–Kier alpha value is -3.61. The van der Waals surface area contributed by atoms with Gasteiger partial charge in [0.05, 0.1) is 17.1 Å². The predicted molar refractivity (Wildman–Crippen MR) is 159 cm³/mol. The Kier molecular flexibility index (Phi) is 7.15. The average Bonchev–Trinajstić information content (AvgIpc) is 3.52. The van der Waals surface area contributed by atoms with Crippen LogP contribution in [0.25, 0.3) is 16.6 Å². The summed E-state index contributed by atoms with van der Waals surface area (Å²) in [5, 5.41) is 2.48. The van der Waals surface area contributed by atoms with Crippen molar-refractivity contribution in [1.29, 1.82) is 0 Å². The van der Waals surface area contributed by atoms with Gasteiger partial charge >= 0.3 is 5.69 Å². The highest BCUT2D eigenvalue weighted by Crippen LogP contribution is 2.41. The monoisotopic (exact) mass is 521 g/mol. The molecule has 1 atom stereocenters. The van der Waals surface area contributed by atoms with Crippen LogP contribution < -0.4 is 11.1 Å². The fourth-order valence-electron chi connectivity index (χ4n) is 6.49. The van der Waals surface area contributed by atoms with Gasteiger partial charge in [0.1, 0.15) is 0 Å². The van der Waals surface area contributed by atoms with Crippen LogP contribution in [0.3, 0.4) is 0 Å². The van der Waals surface area contributed by atoms with Crippen molar-refractivity contribution in [2.75, 3.05) is 13.1 Å². The molecule has 0 spiro atoms. The fraction of sp³-hybridized carbons (Fsp3) is 0.364. The fourth-order valence-corrected chi connectivity index (χ4v) is 6.49. The van der Waals surface area contributed by atoms with Crippen molar-refractivity contribution >= 4 is 16.6 Å². The third-order valence-electron chi connectivity index (χ3n) is 8.48. The number of aromatic nitrogens is 2. The molecule has 0 amide bonds. The molecule has 3 heterocycles. The van der Waals surface area contributed by atoms with Crippen molar-refractivity contribution in [2.45, 2.75) is 65.3 Å². The van der Waals surface area contributed by atoms with Gasteiger partial charge in [-0.1, -0.05) is 66.2 Å². The second-order valence-corrected chi connectivity index (χ2v) is 10.9. The Morgan fingerprint density at radius 1 is 0.846 bits per heavy atom. The van der Waals surface area contributed by atoms with E-state index < -0.39 is 0 Å². The van der Waals surface area contributed by atoms with Gasteiger partial charge in [-0.15, -0.1) is 0 Å². The first-order valence-corrected chi connectivity index (χ1v) is 14.4. The average molecular weight is 522 g/mol. The zero-order chi connectivity index (χ0) is 26.9. The van der Waals surface area contributed by atoms with E-state index in [1.807, 2.05) is 23.0 Å². The minimum Gasteiger partial charge on any atom is -0.325 e. The maximum Gasteiger partial charge on any atom is 0.329 e. The van der Waals surface area contributed by atoms with Gasteiger partial charge in [0.15, 0.2) is 0 Å². The normalized spacial score (nSPS) is 18.9. The van der Waals surface area contributed by atoms with Crippen LogP contribution in [0.4, 0.5) is 0 Å². The summed E-state index contributed by atoms with van der Waals surface area (Å²) in [6.45, 7) is 10.8. The Balaban J connectivity index is 1.30. The molecule has 2 aliphatic heterocycles. The molecule has 1 fully saturated rings. The number of piperidine rings is 1. The maximum atomic E-state index is 13.0. The lowest BCUT2D eigenvalue weighted by atomic mass is 9.91. The van der Waals surface area contributed by atoms with Crippen LogP contribution in [0.1, 0.15) is 55.0 Å². The highest BCUT2D eigenvalue weighted by atomic mass is 16.1. The number of nitrogens with zero attached hydrogens (tertiary/aromatic N) is 4. The number of fused-ring (bicyclic) bond motifs is 1. The number of hydrazine groups is 1. The molecule has 6 heteroatoms. The van der Waals surface area contributed by atoms with Crippen LogP contribution in [-0.2, 0) is 19.6 Å². The quantitative estimate of drug-likeness (QED) is 0.338. The van der Waals surface area contributed by atoms with Gasteiger partial charge in [0, 0.05) is 45.0 Å². The van der Waals surface area contributed by atoms with Gasteiger partial charge < -0.3 is 5.43 Å². The molecule has 6 rings (SSSR count). The van der Waals surface area contributed by atoms with Gasteiger partial charge in [-0.3, -0.25) is 14.0 Å². The lowest BCUT2D eigenvalue weighted by Crippen LogP contribution is -2.48. The van der Waals surface area contributed by atoms with Gasteiger partial charge in [-0.25, -0.2) is 9.80 Å². The third kappa shape index (κ3) is 4.83. The van der Waals surface area contributed by atoms with E-state index in [1.54, 1.807) is 0 Å². The lowest BCUT2D eigenvalue weighted by Gasteiger charge is -2.40. The second-order valence-electron chi connectivity index (χ2n) is 10.9. The molecule has 0 saturated carbocycles. The molecule has 39 heavy (non-hydrogen) atoms. The Labute approximate surface area is 231 Å². The van der Waals surface area contributed by atoms with E-state index in [2.05, 4.69) is 101 Å². The van der Waals surface area contributed by atoms with Crippen molar-refractivity contribution in [3.8, 4) is 0 Å². The zero-order valence-corrected chi connectivity index (χ0v) is 23.3. The lowest BCUT2D eigenvalue weighted by molar-refractivity contribution is 0.0689. The van der Waals surface area contributed by atoms with E-state index >= 15 is 0 Å².